The highest BCUT2D eigenvalue weighted by Gasteiger charge is 2.21. The molecule has 1 N–H and O–H groups in total. The normalized spacial score (nSPS) is 19.1. The highest BCUT2D eigenvalue weighted by Crippen LogP contribution is 2.30. The molecule has 0 bridgehead atoms. The first-order valence-electron chi connectivity index (χ1n) is 7.82. The fourth-order valence-electron chi connectivity index (χ4n) is 3.18. The number of benzene rings is 1. The molecule has 0 radical (unpaired) electrons. The van der Waals surface area contributed by atoms with Gasteiger partial charge in [0.1, 0.15) is 5.75 Å². The highest BCUT2D eigenvalue weighted by atomic mass is 16.5. The van der Waals surface area contributed by atoms with Gasteiger partial charge < -0.3 is 14.7 Å². The maximum Gasteiger partial charge on any atom is 0.337 e. The Balaban J connectivity index is 2.21. The monoisotopic (exact) mass is 291 g/mol. The Morgan fingerprint density at radius 2 is 2.19 bits per heavy atom. The van der Waals surface area contributed by atoms with Gasteiger partial charge in [0, 0.05) is 19.2 Å². The molecule has 4 heteroatoms. The first-order valence-corrected chi connectivity index (χ1v) is 7.82. The maximum absolute atomic E-state index is 11.4. The van der Waals surface area contributed by atoms with Crippen molar-refractivity contribution in [3.05, 3.63) is 23.8 Å². The van der Waals surface area contributed by atoms with Crippen molar-refractivity contribution in [1.82, 2.24) is 0 Å². The number of nitrogens with zero attached hydrogens (tertiary/aromatic N) is 1. The minimum atomic E-state index is -0.873. The summed E-state index contributed by atoms with van der Waals surface area (Å²) in [5.41, 5.74) is 1.16. The van der Waals surface area contributed by atoms with Gasteiger partial charge in [0.05, 0.1) is 18.4 Å². The molecule has 1 aliphatic heterocycles. The molecule has 1 fully saturated rings. The third-order valence-electron chi connectivity index (χ3n) is 4.32. The van der Waals surface area contributed by atoms with E-state index in [1.54, 1.807) is 19.2 Å². The van der Waals surface area contributed by atoms with E-state index in [-0.39, 0.29) is 0 Å². The molecule has 1 heterocycles. The van der Waals surface area contributed by atoms with E-state index in [0.29, 0.717) is 11.3 Å². The lowest BCUT2D eigenvalue weighted by Crippen LogP contribution is -2.26. The molecule has 0 amide bonds. The number of methoxy groups -OCH3 is 1. The second-order valence-electron chi connectivity index (χ2n) is 5.76. The van der Waals surface area contributed by atoms with E-state index in [4.69, 9.17) is 4.74 Å². The van der Waals surface area contributed by atoms with Crippen LogP contribution in [0.3, 0.4) is 0 Å². The zero-order valence-electron chi connectivity index (χ0n) is 13.0. The molecular weight excluding hydrogens is 266 g/mol. The number of aromatic carboxylic acids is 1. The third-order valence-corrected chi connectivity index (χ3v) is 4.32. The first-order chi connectivity index (χ1) is 10.2. The summed E-state index contributed by atoms with van der Waals surface area (Å²) in [5.74, 6) is 0.616. The number of hydrogen-bond acceptors (Lipinski definition) is 3. The third kappa shape index (κ3) is 3.90. The van der Waals surface area contributed by atoms with Crippen molar-refractivity contribution in [2.45, 2.75) is 39.0 Å². The second kappa shape index (κ2) is 7.34. The quantitative estimate of drug-likeness (QED) is 0.896. The van der Waals surface area contributed by atoms with Gasteiger partial charge in [-0.3, -0.25) is 0 Å². The highest BCUT2D eigenvalue weighted by molar-refractivity contribution is 5.94. The zero-order valence-corrected chi connectivity index (χ0v) is 13.0. The number of hydrogen-bond donors (Lipinski definition) is 1. The van der Waals surface area contributed by atoms with E-state index in [0.717, 1.165) is 37.5 Å². The molecule has 1 unspecified atom stereocenters. The molecule has 2 rings (SSSR count). The van der Waals surface area contributed by atoms with Gasteiger partial charge in [-0.2, -0.15) is 0 Å². The van der Waals surface area contributed by atoms with Crippen LogP contribution >= 0.6 is 0 Å². The Bertz CT molecular complexity index is 487. The number of carbonyl (C=O) groups is 1. The lowest BCUT2D eigenvalue weighted by Gasteiger charge is -2.25. The van der Waals surface area contributed by atoms with E-state index in [9.17, 15) is 9.90 Å². The van der Waals surface area contributed by atoms with Gasteiger partial charge in [-0.15, -0.1) is 0 Å². The average Bonchev–Trinajstić information content (AvgIpc) is 2.72. The Hall–Kier alpha value is -1.71. The minimum Gasteiger partial charge on any atom is -0.497 e. The summed E-state index contributed by atoms with van der Waals surface area (Å²) in [7, 11) is 1.61. The van der Waals surface area contributed by atoms with Crippen LogP contribution in [0, 0.1) is 5.92 Å². The summed E-state index contributed by atoms with van der Waals surface area (Å²) in [4.78, 5) is 13.7. The van der Waals surface area contributed by atoms with Crippen LogP contribution < -0.4 is 9.64 Å². The molecule has 0 aromatic heterocycles. The van der Waals surface area contributed by atoms with E-state index >= 15 is 0 Å². The molecule has 0 saturated carbocycles. The van der Waals surface area contributed by atoms with Gasteiger partial charge in [0.2, 0.25) is 0 Å². The molecule has 0 spiro atoms. The summed E-state index contributed by atoms with van der Waals surface area (Å²) in [6.07, 6.45) is 6.02. The van der Waals surface area contributed by atoms with Crippen molar-refractivity contribution in [2.24, 2.45) is 5.92 Å². The average molecular weight is 291 g/mol. The van der Waals surface area contributed by atoms with Crippen LogP contribution in [0.2, 0.25) is 0 Å². The van der Waals surface area contributed by atoms with E-state index in [1.807, 2.05) is 6.07 Å². The number of carboxylic acids is 1. The van der Waals surface area contributed by atoms with Crippen LogP contribution in [0.4, 0.5) is 5.69 Å². The van der Waals surface area contributed by atoms with Crippen LogP contribution in [0.1, 0.15) is 49.4 Å². The fourth-order valence-corrected chi connectivity index (χ4v) is 3.18. The van der Waals surface area contributed by atoms with Crippen molar-refractivity contribution in [3.8, 4) is 5.75 Å². The van der Waals surface area contributed by atoms with Crippen molar-refractivity contribution in [1.29, 1.82) is 0 Å². The van der Waals surface area contributed by atoms with Gasteiger partial charge >= 0.3 is 5.97 Å². The van der Waals surface area contributed by atoms with Gasteiger partial charge in [0.15, 0.2) is 0 Å². The molecule has 4 nitrogen and oxygen atoms in total. The SMILES string of the molecule is CCCC1CCCN(c2cc(OC)ccc2C(=O)O)CC1. The summed E-state index contributed by atoms with van der Waals surface area (Å²) < 4.78 is 5.25. The summed E-state index contributed by atoms with van der Waals surface area (Å²) >= 11 is 0. The predicted molar refractivity (Wildman–Crippen MR) is 84.4 cm³/mol. The molecule has 1 saturated heterocycles. The Kier molecular flexibility index (Phi) is 5.48. The predicted octanol–water partition coefficient (Wildman–Crippen LogP) is 3.80. The summed E-state index contributed by atoms with van der Waals surface area (Å²) in [6.45, 7) is 4.08. The Labute approximate surface area is 126 Å². The standard InChI is InChI=1S/C17H25NO3/c1-3-5-13-6-4-10-18(11-9-13)16-12-14(21-2)7-8-15(16)17(19)20/h7-8,12-13H,3-6,9-11H2,1-2H3,(H,19,20). The van der Waals surface area contributed by atoms with E-state index in [1.165, 1.54) is 19.3 Å². The van der Waals surface area contributed by atoms with Crippen LogP contribution in [0.15, 0.2) is 18.2 Å². The van der Waals surface area contributed by atoms with Gasteiger partial charge in [-0.1, -0.05) is 19.8 Å². The van der Waals surface area contributed by atoms with Crippen LogP contribution in [0.5, 0.6) is 5.75 Å². The van der Waals surface area contributed by atoms with Crippen LogP contribution in [-0.2, 0) is 0 Å². The van der Waals surface area contributed by atoms with Gasteiger partial charge in [0.25, 0.3) is 0 Å². The van der Waals surface area contributed by atoms with Gasteiger partial charge in [-0.25, -0.2) is 4.79 Å². The molecule has 1 aliphatic rings. The van der Waals surface area contributed by atoms with E-state index < -0.39 is 5.97 Å². The molecule has 1 aromatic carbocycles. The zero-order chi connectivity index (χ0) is 15.2. The number of anilines is 1. The number of carboxylic acid groups (broad SMARTS) is 1. The van der Waals surface area contributed by atoms with Crippen LogP contribution in [0.25, 0.3) is 0 Å². The fraction of sp³-hybridized carbons (Fsp3) is 0.588. The number of rotatable bonds is 5. The molecule has 1 aromatic rings. The lowest BCUT2D eigenvalue weighted by atomic mass is 9.96. The lowest BCUT2D eigenvalue weighted by molar-refractivity contribution is 0.0697. The molecule has 116 valence electrons. The van der Waals surface area contributed by atoms with Crippen molar-refractivity contribution in [2.75, 3.05) is 25.1 Å². The Morgan fingerprint density at radius 3 is 2.86 bits per heavy atom. The van der Waals surface area contributed by atoms with Gasteiger partial charge in [-0.05, 0) is 37.3 Å². The van der Waals surface area contributed by atoms with Crippen LogP contribution in [-0.4, -0.2) is 31.3 Å². The Morgan fingerprint density at radius 1 is 1.38 bits per heavy atom. The molecule has 0 aliphatic carbocycles. The number of ether oxygens (including phenoxy) is 1. The molecule has 1 atom stereocenters. The minimum absolute atomic E-state index is 0.366. The summed E-state index contributed by atoms with van der Waals surface area (Å²) in [6, 6.07) is 5.21. The van der Waals surface area contributed by atoms with E-state index in [2.05, 4.69) is 11.8 Å². The summed E-state index contributed by atoms with van der Waals surface area (Å²) in [5, 5.41) is 9.40. The second-order valence-corrected chi connectivity index (χ2v) is 5.76. The van der Waals surface area contributed by atoms with Crippen molar-refractivity contribution < 1.29 is 14.6 Å². The first kappa shape index (κ1) is 15.7. The smallest absolute Gasteiger partial charge is 0.337 e. The van der Waals surface area contributed by atoms with Crippen molar-refractivity contribution in [3.63, 3.8) is 0 Å². The largest absolute Gasteiger partial charge is 0.497 e. The molecule has 21 heavy (non-hydrogen) atoms. The molecular formula is C17H25NO3. The van der Waals surface area contributed by atoms with Crippen molar-refractivity contribution >= 4 is 11.7 Å². The maximum atomic E-state index is 11.4. The topological polar surface area (TPSA) is 49.8 Å².